The van der Waals surface area contributed by atoms with Gasteiger partial charge in [-0.3, -0.25) is 9.35 Å². The van der Waals surface area contributed by atoms with E-state index in [2.05, 4.69) is 10.8 Å². The number of hydrogen-bond acceptors (Lipinski definition) is 7. The zero-order valence-electron chi connectivity index (χ0n) is 9.07. The van der Waals surface area contributed by atoms with Crippen molar-refractivity contribution < 1.29 is 37.0 Å². The summed E-state index contributed by atoms with van der Waals surface area (Å²) in [5.74, 6) is -1.06. The Morgan fingerprint density at radius 1 is 1.53 bits per heavy atom. The minimum atomic E-state index is -4.57. The van der Waals surface area contributed by atoms with Crippen LogP contribution in [0.2, 0.25) is 0 Å². The van der Waals surface area contributed by atoms with E-state index in [0.717, 1.165) is 6.92 Å². The molecule has 0 aromatic heterocycles. The molecule has 0 rings (SSSR count). The summed E-state index contributed by atoms with van der Waals surface area (Å²) in [5, 5.41) is 17.3. The van der Waals surface area contributed by atoms with Crippen LogP contribution in [-0.2, 0) is 24.2 Å². The largest absolute Gasteiger partial charge is 0.448 e. The highest BCUT2D eigenvalue weighted by molar-refractivity contribution is 7.81. The number of aliphatic hydroxyl groups is 2. The van der Waals surface area contributed by atoms with Crippen molar-refractivity contribution >= 4 is 22.7 Å². The van der Waals surface area contributed by atoms with Crippen LogP contribution in [0.25, 0.3) is 0 Å². The molecule has 0 aliphatic rings. The second-order valence-electron chi connectivity index (χ2n) is 2.87. The summed E-state index contributed by atoms with van der Waals surface area (Å²) in [7, 11) is -4.57. The van der Waals surface area contributed by atoms with Gasteiger partial charge in [0.25, 0.3) is 0 Å². The smallest absolute Gasteiger partial charge is 0.393 e. The van der Waals surface area contributed by atoms with Gasteiger partial charge in [-0.05, 0) is 0 Å². The van der Waals surface area contributed by atoms with Gasteiger partial charge in [-0.25, -0.2) is 0 Å². The van der Waals surface area contributed by atoms with Crippen LogP contribution in [0.1, 0.15) is 13.3 Å². The second-order valence-corrected chi connectivity index (χ2v) is 3.90. The van der Waals surface area contributed by atoms with Gasteiger partial charge < -0.3 is 19.2 Å². The van der Waals surface area contributed by atoms with E-state index in [4.69, 9.17) is 14.8 Å². The highest BCUT2D eigenvalue weighted by Crippen LogP contribution is 2.04. The monoisotopic (exact) mass is 270 g/mol. The van der Waals surface area contributed by atoms with Gasteiger partial charge in [-0.1, -0.05) is 6.08 Å². The lowest BCUT2D eigenvalue weighted by Crippen LogP contribution is -2.34. The maximum Gasteiger partial charge on any atom is 0.448 e. The Labute approximate surface area is 98.5 Å². The Morgan fingerprint density at radius 2 is 2.00 bits per heavy atom. The molecule has 8 nitrogen and oxygen atoms in total. The van der Waals surface area contributed by atoms with Crippen LogP contribution in [0.4, 0.5) is 0 Å². The van der Waals surface area contributed by atoms with Crippen molar-refractivity contribution in [1.82, 2.24) is 0 Å². The quantitative estimate of drug-likeness (QED) is 0.323. The summed E-state index contributed by atoms with van der Waals surface area (Å²) in [5.41, 5.74) is -1.61. The van der Waals surface area contributed by atoms with E-state index < -0.39 is 28.6 Å². The molecule has 3 N–H and O–H groups in total. The van der Waals surface area contributed by atoms with Crippen LogP contribution in [0, 0.1) is 0 Å². The molecule has 0 saturated carbocycles. The number of aliphatic hydroxyl groups excluding tert-OH is 1. The van der Waals surface area contributed by atoms with Crippen molar-refractivity contribution in [2.24, 2.45) is 0 Å². The molecule has 0 aliphatic heterocycles. The van der Waals surface area contributed by atoms with Crippen molar-refractivity contribution in [3.8, 4) is 0 Å². The van der Waals surface area contributed by atoms with Gasteiger partial charge in [0, 0.05) is 13.3 Å². The van der Waals surface area contributed by atoms with E-state index in [9.17, 15) is 18.0 Å². The second kappa shape index (κ2) is 7.90. The van der Waals surface area contributed by atoms with Gasteiger partial charge in [0.2, 0.25) is 0 Å². The van der Waals surface area contributed by atoms with E-state index in [-0.39, 0.29) is 6.42 Å². The third kappa shape index (κ3) is 12.6. The lowest BCUT2D eigenvalue weighted by atomic mass is 10.0. The Bertz CT molecular complexity index is 360. The standard InChI is InChI=1S/C6H10O3.C2H4O5S/c1-2-3-6(9,4-7)5-8;1-2(3)7-8(4,5)6/h2,4,8-9H,1,3,5H2;1H3,(H,4,5,6). The molecule has 0 bridgehead atoms. The normalized spacial score (nSPS) is 13.6. The van der Waals surface area contributed by atoms with Crippen LogP contribution in [0.15, 0.2) is 12.7 Å². The van der Waals surface area contributed by atoms with E-state index >= 15 is 0 Å². The highest BCUT2D eigenvalue weighted by Gasteiger charge is 2.22. The first-order valence-corrected chi connectivity index (χ1v) is 5.54. The van der Waals surface area contributed by atoms with Gasteiger partial charge in [0.15, 0.2) is 6.29 Å². The minimum absolute atomic E-state index is 0.0903. The summed E-state index contributed by atoms with van der Waals surface area (Å²) in [6, 6.07) is 0. The topological polar surface area (TPSA) is 138 Å². The zero-order valence-corrected chi connectivity index (χ0v) is 9.88. The lowest BCUT2D eigenvalue weighted by Gasteiger charge is -2.14. The molecule has 0 spiro atoms. The molecule has 100 valence electrons. The summed E-state index contributed by atoms with van der Waals surface area (Å²) in [6.07, 6.45) is 1.78. The minimum Gasteiger partial charge on any atom is -0.393 e. The van der Waals surface area contributed by atoms with E-state index in [1.165, 1.54) is 6.08 Å². The van der Waals surface area contributed by atoms with Gasteiger partial charge in [0.1, 0.15) is 5.60 Å². The average Bonchev–Trinajstić information content (AvgIpc) is 2.15. The molecule has 0 aromatic rings. The molecule has 9 heteroatoms. The van der Waals surface area contributed by atoms with Crippen molar-refractivity contribution in [1.29, 1.82) is 0 Å². The summed E-state index contributed by atoms with van der Waals surface area (Å²) in [6.45, 7) is 3.63. The third-order valence-corrected chi connectivity index (χ3v) is 1.66. The third-order valence-electron chi connectivity index (χ3n) is 1.21. The van der Waals surface area contributed by atoms with Crippen molar-refractivity contribution in [2.45, 2.75) is 18.9 Å². The molecule has 17 heavy (non-hydrogen) atoms. The van der Waals surface area contributed by atoms with Gasteiger partial charge >= 0.3 is 16.4 Å². The van der Waals surface area contributed by atoms with Crippen molar-refractivity contribution in [3.63, 3.8) is 0 Å². The van der Waals surface area contributed by atoms with Crippen LogP contribution >= 0.6 is 0 Å². The Morgan fingerprint density at radius 3 is 2.06 bits per heavy atom. The van der Waals surface area contributed by atoms with Crippen LogP contribution in [-0.4, -0.2) is 47.6 Å². The van der Waals surface area contributed by atoms with E-state index in [0.29, 0.717) is 6.29 Å². The molecule has 1 unspecified atom stereocenters. The molecule has 0 aliphatic carbocycles. The molecular weight excluding hydrogens is 256 g/mol. The number of carbonyl (C=O) groups is 2. The number of aldehydes is 1. The first-order valence-electron chi connectivity index (χ1n) is 4.18. The Hall–Kier alpha value is -1.29. The maximum absolute atomic E-state index is 9.99. The maximum atomic E-state index is 9.99. The van der Waals surface area contributed by atoms with Crippen molar-refractivity contribution in [3.05, 3.63) is 12.7 Å². The van der Waals surface area contributed by atoms with Crippen LogP contribution in [0.5, 0.6) is 0 Å². The first kappa shape index (κ1) is 18.1. The summed E-state index contributed by atoms with van der Waals surface area (Å²) in [4.78, 5) is 19.7. The fourth-order valence-electron chi connectivity index (χ4n) is 0.548. The highest BCUT2D eigenvalue weighted by atomic mass is 32.3. The number of hydrogen-bond donors (Lipinski definition) is 3. The average molecular weight is 270 g/mol. The van der Waals surface area contributed by atoms with Crippen molar-refractivity contribution in [2.75, 3.05) is 6.61 Å². The summed E-state index contributed by atoms with van der Waals surface area (Å²) >= 11 is 0. The zero-order chi connectivity index (χ0) is 14.1. The van der Waals surface area contributed by atoms with Gasteiger partial charge in [0.05, 0.1) is 6.61 Å². The molecule has 0 fully saturated rings. The SMILES string of the molecule is C=CCC(O)(C=O)CO.CC(=O)OS(=O)(=O)O. The number of rotatable bonds is 5. The lowest BCUT2D eigenvalue weighted by molar-refractivity contribution is -0.131. The Balaban J connectivity index is 0. The fourth-order valence-corrected chi connectivity index (χ4v) is 0.845. The first-order chi connectivity index (χ1) is 7.60. The molecule has 0 amide bonds. The molecular formula is C8H14O8S. The van der Waals surface area contributed by atoms with Crippen LogP contribution in [0.3, 0.4) is 0 Å². The summed E-state index contributed by atoms with van der Waals surface area (Å²) < 4.78 is 30.2. The van der Waals surface area contributed by atoms with Gasteiger partial charge in [-0.15, -0.1) is 6.58 Å². The molecule has 0 saturated heterocycles. The number of carbonyl (C=O) groups excluding carboxylic acids is 2. The molecule has 0 radical (unpaired) electrons. The molecule has 1 atom stereocenters. The van der Waals surface area contributed by atoms with Gasteiger partial charge in [-0.2, -0.15) is 8.42 Å². The Kier molecular flexibility index (Phi) is 8.40. The van der Waals surface area contributed by atoms with E-state index in [1.807, 2.05) is 0 Å². The predicted octanol–water partition coefficient (Wildman–Crippen LogP) is -1.16. The van der Waals surface area contributed by atoms with E-state index in [1.54, 1.807) is 0 Å². The van der Waals surface area contributed by atoms with Crippen LogP contribution < -0.4 is 0 Å². The molecule has 0 aromatic carbocycles. The fraction of sp³-hybridized carbons (Fsp3) is 0.500. The molecule has 0 heterocycles. The predicted molar refractivity (Wildman–Crippen MR) is 56.2 cm³/mol.